The Morgan fingerprint density at radius 1 is 0.623 bits per heavy atom. The van der Waals surface area contributed by atoms with Gasteiger partial charge in [0.1, 0.15) is 0 Å². The van der Waals surface area contributed by atoms with E-state index in [1.807, 2.05) is 0 Å². The summed E-state index contributed by atoms with van der Waals surface area (Å²) in [6, 6.07) is 60.9. The number of para-hydroxylation sites is 1. The van der Waals surface area contributed by atoms with Crippen molar-refractivity contribution in [2.75, 3.05) is 0 Å². The highest BCUT2D eigenvalue weighted by atomic mass is 15.0. The zero-order valence-electron chi connectivity index (χ0n) is 38.5. The van der Waals surface area contributed by atoms with E-state index in [4.69, 9.17) is 0 Å². The molecule has 17 rings (SSSR count). The monoisotopic (exact) mass is 879 g/mol. The van der Waals surface area contributed by atoms with Crippen LogP contribution in [-0.2, 0) is 11.8 Å². The molecule has 8 aliphatic rings. The largest absolute Gasteiger partial charge is 0.333 e. The predicted molar refractivity (Wildman–Crippen MR) is 287 cm³/mol. The fourth-order valence-corrected chi connectivity index (χ4v) is 15.3. The molecular formula is C68H49N. The molecule has 3 saturated carbocycles. The van der Waals surface area contributed by atoms with E-state index in [1.165, 1.54) is 124 Å². The van der Waals surface area contributed by atoms with E-state index in [0.717, 1.165) is 18.8 Å². The molecule has 9 aromatic rings. The number of hydrogen-bond donors (Lipinski definition) is 0. The van der Waals surface area contributed by atoms with Gasteiger partial charge < -0.3 is 4.57 Å². The van der Waals surface area contributed by atoms with Gasteiger partial charge >= 0.3 is 0 Å². The molecular weight excluding hydrogens is 831 g/mol. The molecule has 0 amide bonds. The van der Waals surface area contributed by atoms with Gasteiger partial charge in [-0.05, 0) is 168 Å². The third-order valence-electron chi connectivity index (χ3n) is 18.6. The van der Waals surface area contributed by atoms with Crippen LogP contribution in [0.2, 0.25) is 0 Å². The van der Waals surface area contributed by atoms with Crippen LogP contribution in [-0.4, -0.2) is 4.57 Å². The third-order valence-corrected chi connectivity index (χ3v) is 18.6. The highest BCUT2D eigenvalue weighted by Crippen LogP contribution is 2.75. The van der Waals surface area contributed by atoms with Crippen molar-refractivity contribution < 1.29 is 0 Å². The second-order valence-corrected chi connectivity index (χ2v) is 21.8. The van der Waals surface area contributed by atoms with Crippen LogP contribution in [0.15, 0.2) is 217 Å². The van der Waals surface area contributed by atoms with E-state index in [0.29, 0.717) is 29.2 Å². The van der Waals surface area contributed by atoms with Crippen LogP contribution in [0.4, 0.5) is 0 Å². The molecule has 0 spiro atoms. The van der Waals surface area contributed by atoms with Gasteiger partial charge in [-0.1, -0.05) is 194 Å². The van der Waals surface area contributed by atoms with Gasteiger partial charge in [-0.25, -0.2) is 0 Å². The Morgan fingerprint density at radius 3 is 2.32 bits per heavy atom. The summed E-state index contributed by atoms with van der Waals surface area (Å²) in [6.07, 6.45) is 25.7. The molecule has 1 aromatic heterocycles. The molecule has 1 heteroatoms. The first-order valence-corrected chi connectivity index (χ1v) is 25.7. The molecule has 326 valence electrons. The van der Waals surface area contributed by atoms with E-state index in [2.05, 4.69) is 211 Å². The molecule has 0 aliphatic heterocycles. The Morgan fingerprint density at radius 2 is 1.42 bits per heavy atom. The molecule has 1 nitrogen and oxygen atoms in total. The number of nitrogens with zero attached hydrogens (tertiary/aromatic N) is 1. The summed E-state index contributed by atoms with van der Waals surface area (Å²) >= 11 is 0. The summed E-state index contributed by atoms with van der Waals surface area (Å²) < 4.78 is 2.63. The lowest BCUT2D eigenvalue weighted by Gasteiger charge is -2.26. The highest BCUT2D eigenvalue weighted by Gasteiger charge is 2.69. The molecule has 7 unspecified atom stereocenters. The first kappa shape index (κ1) is 37.5. The van der Waals surface area contributed by atoms with Crippen LogP contribution in [0.5, 0.6) is 0 Å². The van der Waals surface area contributed by atoms with Gasteiger partial charge in [-0.15, -0.1) is 0 Å². The fraction of sp³-hybridized carbons (Fsp3) is 0.176. The first-order valence-electron chi connectivity index (χ1n) is 25.7. The molecule has 3 fully saturated rings. The third kappa shape index (κ3) is 4.95. The summed E-state index contributed by atoms with van der Waals surface area (Å²) in [7, 11) is 0. The lowest BCUT2D eigenvalue weighted by atomic mass is 9.78. The molecule has 0 radical (unpaired) electrons. The minimum Gasteiger partial charge on any atom is -0.333 e. The van der Waals surface area contributed by atoms with Crippen LogP contribution in [0.25, 0.3) is 87.9 Å². The van der Waals surface area contributed by atoms with Crippen molar-refractivity contribution in [2.24, 2.45) is 29.1 Å². The molecule has 8 aromatic carbocycles. The number of benzene rings is 8. The van der Waals surface area contributed by atoms with Crippen molar-refractivity contribution in [1.29, 1.82) is 0 Å². The van der Waals surface area contributed by atoms with Crippen LogP contribution in [0, 0.1) is 29.1 Å². The van der Waals surface area contributed by atoms with Crippen molar-refractivity contribution in [3.05, 3.63) is 240 Å². The van der Waals surface area contributed by atoms with Crippen molar-refractivity contribution in [2.45, 2.75) is 43.6 Å². The average Bonchev–Trinajstić information content (AvgIpc) is 4.37. The van der Waals surface area contributed by atoms with E-state index < -0.39 is 0 Å². The zero-order valence-corrected chi connectivity index (χ0v) is 38.5. The second-order valence-electron chi connectivity index (χ2n) is 21.8. The molecule has 0 saturated heterocycles. The maximum absolute atomic E-state index is 2.81. The Hall–Kier alpha value is -7.48. The van der Waals surface area contributed by atoms with E-state index in [1.54, 1.807) is 16.7 Å². The van der Waals surface area contributed by atoms with E-state index >= 15 is 0 Å². The van der Waals surface area contributed by atoms with E-state index in [9.17, 15) is 0 Å². The maximum atomic E-state index is 2.81. The van der Waals surface area contributed by atoms with Crippen molar-refractivity contribution >= 4 is 54.5 Å². The minimum atomic E-state index is 0.0187. The van der Waals surface area contributed by atoms with Crippen molar-refractivity contribution in [3.63, 3.8) is 0 Å². The standard InChI is InChI=1S/C68H49N/c1-3-15-43(16-4-1)68-37-44(68)35-55(57-36-60(57)68)59(52-23-13-25-63-64(52)54-22-11-12-24-62(54)69(63)45-17-5-2-6-18-45)38-67-31-30-51-46-27-26-41(32-42(46)34-56(51)61(67)39-67)48-28-29-53-49-20-9-10-21-50(49)58-33-40-14-7-8-19-47(40)65(48)66(53)58/h1-17,19-33,35,38,44-45,57,60-61H,18,34,36-37,39H2/b59-38-. The van der Waals surface area contributed by atoms with E-state index in [-0.39, 0.29) is 5.41 Å². The molecule has 8 aliphatic carbocycles. The van der Waals surface area contributed by atoms with Crippen LogP contribution >= 0.6 is 0 Å². The number of fused-ring (bicyclic) bond motifs is 15. The van der Waals surface area contributed by atoms with Gasteiger partial charge in [0.2, 0.25) is 0 Å². The number of allylic oxidation sites excluding steroid dienone is 12. The van der Waals surface area contributed by atoms with Crippen molar-refractivity contribution in [3.8, 4) is 33.4 Å². The molecule has 69 heavy (non-hydrogen) atoms. The minimum absolute atomic E-state index is 0.0187. The molecule has 7 atom stereocenters. The van der Waals surface area contributed by atoms with Gasteiger partial charge in [-0.2, -0.15) is 0 Å². The quantitative estimate of drug-likeness (QED) is 0.147. The SMILES string of the molecule is C1=CCC(n2c3ccccc3c3c(/C(=C/C45C=CC6=C(Cc7cc(-c8ccc9c%10c(cc%11ccccc%11c8%10)-c8ccccc8-9)ccc76)C4C5)C4=CC5CC5(c5ccccc5)C5CC45)cccc32)C=C1. The summed E-state index contributed by atoms with van der Waals surface area (Å²) in [5, 5.41) is 8.24. The maximum Gasteiger partial charge on any atom is 0.0560 e. The summed E-state index contributed by atoms with van der Waals surface area (Å²) in [6.45, 7) is 0. The van der Waals surface area contributed by atoms with Crippen LogP contribution < -0.4 is 0 Å². The smallest absolute Gasteiger partial charge is 0.0560 e. The highest BCUT2D eigenvalue weighted by molar-refractivity contribution is 6.27. The lowest BCUT2D eigenvalue weighted by molar-refractivity contribution is 0.526. The molecule has 0 bridgehead atoms. The number of aromatic nitrogens is 1. The fourth-order valence-electron chi connectivity index (χ4n) is 15.3. The van der Waals surface area contributed by atoms with Crippen LogP contribution in [0.3, 0.4) is 0 Å². The molecule has 0 N–H and O–H groups in total. The van der Waals surface area contributed by atoms with Gasteiger partial charge in [-0.3, -0.25) is 0 Å². The average molecular weight is 880 g/mol. The first-order chi connectivity index (χ1) is 34.1. The Labute approximate surface area is 402 Å². The number of rotatable bonds is 6. The Bertz CT molecular complexity index is 4030. The van der Waals surface area contributed by atoms with Gasteiger partial charge in [0.05, 0.1) is 11.6 Å². The summed E-state index contributed by atoms with van der Waals surface area (Å²) in [4.78, 5) is 0. The Balaban J connectivity index is 0.784. The van der Waals surface area contributed by atoms with Gasteiger partial charge in [0.15, 0.2) is 0 Å². The molecule has 1 heterocycles. The lowest BCUT2D eigenvalue weighted by Crippen LogP contribution is -2.18. The number of hydrogen-bond acceptors (Lipinski definition) is 0. The van der Waals surface area contributed by atoms with Gasteiger partial charge in [0.25, 0.3) is 0 Å². The van der Waals surface area contributed by atoms with Gasteiger partial charge in [0, 0.05) is 27.1 Å². The summed E-state index contributed by atoms with van der Waals surface area (Å²) in [5.74, 6) is 2.45. The normalized spacial score (nSPS) is 27.0. The topological polar surface area (TPSA) is 4.93 Å². The van der Waals surface area contributed by atoms with Crippen molar-refractivity contribution in [1.82, 2.24) is 4.57 Å². The second kappa shape index (κ2) is 13.2. The van der Waals surface area contributed by atoms with Crippen LogP contribution in [0.1, 0.15) is 54.0 Å². The summed E-state index contributed by atoms with van der Waals surface area (Å²) in [5.41, 5.74) is 23.3. The predicted octanol–water partition coefficient (Wildman–Crippen LogP) is 17.0. The zero-order chi connectivity index (χ0) is 44.7. The Kier molecular flexibility index (Phi) is 7.16.